The monoisotopic (exact) mass is 595 g/mol. The molecule has 6 atom stereocenters. The molecule has 3 aromatic rings. The van der Waals surface area contributed by atoms with E-state index < -0.39 is 64.7 Å². The number of likely N-dealkylation sites (tertiary alicyclic amines) is 1. The van der Waals surface area contributed by atoms with Gasteiger partial charge in [-0.05, 0) is 48.6 Å². The zero-order valence-electron chi connectivity index (χ0n) is 22.7. The highest BCUT2D eigenvalue weighted by molar-refractivity contribution is 6.32. The summed E-state index contributed by atoms with van der Waals surface area (Å²) in [6.07, 6.45) is 2.06. The molecule has 1 saturated carbocycles. The highest BCUT2D eigenvalue weighted by Gasteiger charge is 2.70. The minimum Gasteiger partial charge on any atom is -0.508 e. The summed E-state index contributed by atoms with van der Waals surface area (Å²) in [5.41, 5.74) is 5.93. The summed E-state index contributed by atoms with van der Waals surface area (Å²) < 4.78 is 0. The molecular weight excluding hydrogens is 570 g/mol. The summed E-state index contributed by atoms with van der Waals surface area (Å²) in [6, 6.07) is 21.0. The van der Waals surface area contributed by atoms with Crippen LogP contribution in [0.5, 0.6) is 5.75 Å². The largest absolute Gasteiger partial charge is 0.508 e. The maximum absolute atomic E-state index is 15.0. The highest BCUT2D eigenvalue weighted by Crippen LogP contribution is 2.65. The number of urea groups is 1. The Morgan fingerprint density at radius 3 is 2.30 bits per heavy atom. The molecule has 2 aliphatic carbocycles. The van der Waals surface area contributed by atoms with E-state index in [2.05, 4.69) is 0 Å². The van der Waals surface area contributed by atoms with Crippen LogP contribution in [-0.4, -0.2) is 39.7 Å². The van der Waals surface area contributed by atoms with Gasteiger partial charge in [0.1, 0.15) is 5.75 Å². The first-order chi connectivity index (χ1) is 20.7. The van der Waals surface area contributed by atoms with Gasteiger partial charge in [0, 0.05) is 16.5 Å². The van der Waals surface area contributed by atoms with Crippen molar-refractivity contribution in [3.8, 4) is 5.75 Å². The number of nitrogens with zero attached hydrogens (tertiary/aromatic N) is 2. The summed E-state index contributed by atoms with van der Waals surface area (Å²) in [4.78, 5) is 70.1. The number of anilines is 1. The number of hydrogen-bond donors (Lipinski definition) is 2. The Balaban J connectivity index is 1.51. The molecule has 10 heteroatoms. The number of carbonyl (C=O) groups excluding carboxylic acids is 5. The van der Waals surface area contributed by atoms with Crippen molar-refractivity contribution in [1.82, 2.24) is 4.90 Å². The van der Waals surface area contributed by atoms with E-state index in [1.807, 2.05) is 12.1 Å². The first-order valence-electron chi connectivity index (χ1n) is 14.0. The molecule has 4 aliphatic rings. The zero-order chi connectivity index (χ0) is 30.2. The smallest absolute Gasteiger partial charge is 0.328 e. The van der Waals surface area contributed by atoms with E-state index in [9.17, 15) is 24.3 Å². The van der Waals surface area contributed by atoms with Crippen LogP contribution in [0.1, 0.15) is 29.9 Å². The van der Waals surface area contributed by atoms with Gasteiger partial charge in [-0.1, -0.05) is 77.8 Å². The number of halogens is 1. The van der Waals surface area contributed by atoms with Gasteiger partial charge in [-0.2, -0.15) is 4.90 Å². The Kier molecular flexibility index (Phi) is 6.07. The summed E-state index contributed by atoms with van der Waals surface area (Å²) >= 11 is 6.29. The molecule has 0 spiro atoms. The predicted molar refractivity (Wildman–Crippen MR) is 156 cm³/mol. The average molecular weight is 596 g/mol. The molecule has 3 aromatic carbocycles. The van der Waals surface area contributed by atoms with E-state index in [1.165, 1.54) is 6.07 Å². The van der Waals surface area contributed by atoms with Gasteiger partial charge in [-0.25, -0.2) is 9.69 Å². The Morgan fingerprint density at radius 1 is 0.884 bits per heavy atom. The lowest BCUT2D eigenvalue weighted by Crippen LogP contribution is -2.53. The maximum Gasteiger partial charge on any atom is 0.328 e. The molecule has 0 radical (unpaired) electrons. The molecule has 0 unspecified atom stereocenters. The second-order valence-corrected chi connectivity index (χ2v) is 11.9. The summed E-state index contributed by atoms with van der Waals surface area (Å²) in [6.45, 7) is 0. The Bertz CT molecular complexity index is 1770. The van der Waals surface area contributed by atoms with Gasteiger partial charge in [0.15, 0.2) is 0 Å². The van der Waals surface area contributed by atoms with Gasteiger partial charge < -0.3 is 10.8 Å². The molecule has 3 fully saturated rings. The van der Waals surface area contributed by atoms with Gasteiger partial charge in [0.05, 0.1) is 28.9 Å². The number of hydrogen-bond acceptors (Lipinski definition) is 6. The van der Waals surface area contributed by atoms with Crippen molar-refractivity contribution in [1.29, 1.82) is 0 Å². The van der Waals surface area contributed by atoms with Crippen LogP contribution in [0.2, 0.25) is 5.02 Å². The molecule has 7 rings (SSSR count). The van der Waals surface area contributed by atoms with Crippen LogP contribution in [-0.2, 0) is 24.6 Å². The average Bonchev–Trinajstić information content (AvgIpc) is 3.39. The molecule has 0 aromatic heterocycles. The van der Waals surface area contributed by atoms with Crippen molar-refractivity contribution >= 4 is 46.9 Å². The second-order valence-electron chi connectivity index (χ2n) is 11.5. The molecule has 6 amide bonds. The van der Waals surface area contributed by atoms with Crippen LogP contribution >= 0.6 is 11.6 Å². The topological polar surface area (TPSA) is 138 Å². The number of para-hydroxylation sites is 1. The van der Waals surface area contributed by atoms with Crippen LogP contribution < -0.4 is 10.6 Å². The van der Waals surface area contributed by atoms with Gasteiger partial charge >= 0.3 is 6.03 Å². The lowest BCUT2D eigenvalue weighted by atomic mass is 9.49. The lowest BCUT2D eigenvalue weighted by Gasteiger charge is -2.50. The number of benzene rings is 3. The van der Waals surface area contributed by atoms with Crippen molar-refractivity contribution in [2.24, 2.45) is 29.4 Å². The first kappa shape index (κ1) is 27.1. The fourth-order valence-corrected chi connectivity index (χ4v) is 8.22. The SMILES string of the molecule is NC(=O)N1C(=O)[C@H]2[C@H](CC=C3[C@H]2C[C@H]2C(=O)N(c4cccc(Cl)c4)C(=O)[C@@]2(c2ccccc2)[C@H]3c2ccccc2O)C1=O. The molecule has 2 saturated heterocycles. The minimum atomic E-state index is -1.50. The number of amides is 6. The zero-order valence-corrected chi connectivity index (χ0v) is 23.5. The van der Waals surface area contributed by atoms with Gasteiger partial charge in [0.25, 0.3) is 0 Å². The quantitative estimate of drug-likeness (QED) is 0.342. The molecule has 0 bridgehead atoms. The van der Waals surface area contributed by atoms with Crippen molar-refractivity contribution in [3.63, 3.8) is 0 Å². The van der Waals surface area contributed by atoms with Crippen LogP contribution in [0.4, 0.5) is 10.5 Å². The highest BCUT2D eigenvalue weighted by atomic mass is 35.5. The Morgan fingerprint density at radius 2 is 1.60 bits per heavy atom. The van der Waals surface area contributed by atoms with Crippen molar-refractivity contribution in [3.05, 3.63) is 107 Å². The lowest BCUT2D eigenvalue weighted by molar-refractivity contribution is -0.136. The number of aromatic hydroxyl groups is 1. The number of imide groups is 4. The van der Waals surface area contributed by atoms with Gasteiger partial charge in [-0.15, -0.1) is 0 Å². The minimum absolute atomic E-state index is 0.0687. The van der Waals surface area contributed by atoms with Crippen LogP contribution in [0, 0.1) is 23.7 Å². The molecule has 2 aliphatic heterocycles. The molecule has 2 heterocycles. The number of carbonyl (C=O) groups is 5. The van der Waals surface area contributed by atoms with Crippen molar-refractivity contribution in [2.45, 2.75) is 24.2 Å². The summed E-state index contributed by atoms with van der Waals surface area (Å²) in [5.74, 6) is -6.65. The van der Waals surface area contributed by atoms with Gasteiger partial charge in [0.2, 0.25) is 23.6 Å². The molecule has 3 N–H and O–H groups in total. The third-order valence-electron chi connectivity index (χ3n) is 9.64. The number of primary amides is 1. The van der Waals surface area contributed by atoms with E-state index in [4.69, 9.17) is 17.3 Å². The standard InChI is InChI=1S/C33H26ClN3O6/c34-18-9-6-10-19(15-18)36-29(40)24-16-23-20(13-14-22-26(23)30(41)37(28(22)39)32(35)43)27(21-11-4-5-12-25(21)38)33(24,31(36)42)17-7-2-1-3-8-17/h1-13,15,22-24,26-27,38H,14,16H2,(H2,35,43)/t22-,23+,24-,26-,27+,33+/m0/s1. The number of phenolic OH excluding ortho intramolecular Hbond substituents is 1. The third-order valence-corrected chi connectivity index (χ3v) is 9.87. The van der Waals surface area contributed by atoms with Crippen molar-refractivity contribution < 1.29 is 29.1 Å². The normalized spacial score (nSPS) is 29.7. The summed E-state index contributed by atoms with van der Waals surface area (Å²) in [5, 5.41) is 11.6. The number of allylic oxidation sites excluding steroid dienone is 2. The first-order valence-corrected chi connectivity index (χ1v) is 14.4. The number of fused-ring (bicyclic) bond motifs is 4. The number of nitrogens with two attached hydrogens (primary N) is 1. The van der Waals surface area contributed by atoms with Crippen LogP contribution in [0.25, 0.3) is 0 Å². The van der Waals surface area contributed by atoms with Crippen LogP contribution in [0.15, 0.2) is 90.5 Å². The summed E-state index contributed by atoms with van der Waals surface area (Å²) in [7, 11) is 0. The molecular formula is C33H26ClN3O6. The molecule has 43 heavy (non-hydrogen) atoms. The van der Waals surface area contributed by atoms with Crippen LogP contribution in [0.3, 0.4) is 0 Å². The predicted octanol–water partition coefficient (Wildman–Crippen LogP) is 4.29. The number of phenols is 1. The Labute approximate surface area is 251 Å². The van der Waals surface area contributed by atoms with Crippen molar-refractivity contribution in [2.75, 3.05) is 4.90 Å². The fourth-order valence-electron chi connectivity index (χ4n) is 8.04. The molecule has 216 valence electrons. The fraction of sp³-hybridized carbons (Fsp3) is 0.242. The second kappa shape index (κ2) is 9.64. The third kappa shape index (κ3) is 3.61. The Hall–Kier alpha value is -4.76. The van der Waals surface area contributed by atoms with E-state index in [0.29, 0.717) is 32.3 Å². The molecule has 9 nitrogen and oxygen atoms in total. The van der Waals surface area contributed by atoms with E-state index >= 15 is 4.79 Å². The number of rotatable bonds is 3. The van der Waals surface area contributed by atoms with E-state index in [-0.39, 0.29) is 18.6 Å². The van der Waals surface area contributed by atoms with E-state index in [0.717, 1.165) is 4.90 Å². The van der Waals surface area contributed by atoms with Gasteiger partial charge in [-0.3, -0.25) is 19.2 Å². The van der Waals surface area contributed by atoms with E-state index in [1.54, 1.807) is 66.7 Å². The maximum atomic E-state index is 15.0.